The Hall–Kier alpha value is -0.920. The van der Waals surface area contributed by atoms with Gasteiger partial charge in [0.05, 0.1) is 18.2 Å². The summed E-state index contributed by atoms with van der Waals surface area (Å²) in [4.78, 5) is 24.8. The lowest BCUT2D eigenvalue weighted by atomic mass is 9.87. The van der Waals surface area contributed by atoms with Crippen molar-refractivity contribution in [1.29, 1.82) is 0 Å². The van der Waals surface area contributed by atoms with Gasteiger partial charge in [-0.15, -0.1) is 0 Å². The fourth-order valence-corrected chi connectivity index (χ4v) is 3.39. The average Bonchev–Trinajstić information content (AvgIpc) is 2.36. The van der Waals surface area contributed by atoms with E-state index in [9.17, 15) is 9.59 Å². The molecule has 1 heterocycles. The lowest BCUT2D eigenvalue weighted by Crippen LogP contribution is -2.53. The van der Waals surface area contributed by atoms with Gasteiger partial charge in [0.15, 0.2) is 0 Å². The molecule has 0 aliphatic carbocycles. The van der Waals surface area contributed by atoms with E-state index >= 15 is 0 Å². The molecule has 1 atom stereocenters. The number of nitrogens with one attached hydrogen (secondary N) is 1. The van der Waals surface area contributed by atoms with Crippen LogP contribution in [0.2, 0.25) is 0 Å². The molecule has 5 nitrogen and oxygen atoms in total. The highest BCUT2D eigenvalue weighted by molar-refractivity contribution is 9.11. The molecule has 1 amide bonds. The number of likely N-dealkylation sites (tertiary alicyclic amines) is 1. The van der Waals surface area contributed by atoms with Crippen LogP contribution in [0.3, 0.4) is 0 Å². The highest BCUT2D eigenvalue weighted by Crippen LogP contribution is 2.27. The molecule has 0 saturated carbocycles. The Morgan fingerprint density at radius 2 is 2.10 bits per heavy atom. The van der Waals surface area contributed by atoms with Gasteiger partial charge in [-0.1, -0.05) is 22.9 Å². The van der Waals surface area contributed by atoms with Crippen molar-refractivity contribution in [2.24, 2.45) is 11.8 Å². The number of halogens is 2. The Labute approximate surface area is 140 Å². The van der Waals surface area contributed by atoms with Crippen LogP contribution in [-0.2, 0) is 9.59 Å². The SMILES string of the molecule is CC(C(=O)O)C1CN(CC(=O)Nc2ccc(Br)cc2Br)C1. The summed E-state index contributed by atoms with van der Waals surface area (Å²) in [7, 11) is 0. The topological polar surface area (TPSA) is 69.6 Å². The summed E-state index contributed by atoms with van der Waals surface area (Å²) in [6, 6.07) is 5.54. The molecule has 2 rings (SSSR count). The molecule has 1 fully saturated rings. The van der Waals surface area contributed by atoms with Crippen molar-refractivity contribution in [1.82, 2.24) is 4.90 Å². The number of carboxylic acids is 1. The first-order valence-corrected chi connectivity index (χ1v) is 8.15. The molecular formula is C14H16Br2N2O3. The van der Waals surface area contributed by atoms with Crippen molar-refractivity contribution < 1.29 is 14.7 Å². The van der Waals surface area contributed by atoms with Gasteiger partial charge in [0, 0.05) is 22.0 Å². The third-order valence-corrected chi connectivity index (χ3v) is 4.80. The van der Waals surface area contributed by atoms with Crippen LogP contribution in [-0.4, -0.2) is 41.5 Å². The fraction of sp³-hybridized carbons (Fsp3) is 0.429. The zero-order valence-corrected chi connectivity index (χ0v) is 14.6. The smallest absolute Gasteiger partial charge is 0.306 e. The molecule has 0 bridgehead atoms. The van der Waals surface area contributed by atoms with Gasteiger partial charge in [-0.05, 0) is 40.0 Å². The Balaban J connectivity index is 1.80. The Kier molecular flexibility index (Phi) is 5.40. The number of carboxylic acid groups (broad SMARTS) is 1. The van der Waals surface area contributed by atoms with E-state index in [1.165, 1.54) is 0 Å². The molecule has 2 N–H and O–H groups in total. The summed E-state index contributed by atoms with van der Waals surface area (Å²) >= 11 is 6.75. The number of rotatable bonds is 5. The number of anilines is 1. The number of nitrogens with zero attached hydrogens (tertiary/aromatic N) is 1. The average molecular weight is 420 g/mol. The molecule has 0 radical (unpaired) electrons. The zero-order valence-electron chi connectivity index (χ0n) is 11.5. The predicted octanol–water partition coefficient (Wildman–Crippen LogP) is 2.80. The second-order valence-corrected chi connectivity index (χ2v) is 7.02. The van der Waals surface area contributed by atoms with E-state index in [2.05, 4.69) is 37.2 Å². The largest absolute Gasteiger partial charge is 0.481 e. The maximum atomic E-state index is 12.0. The Morgan fingerprint density at radius 3 is 2.67 bits per heavy atom. The second-order valence-electron chi connectivity index (χ2n) is 5.25. The molecule has 1 aromatic carbocycles. The fourth-order valence-electron chi connectivity index (χ4n) is 2.24. The van der Waals surface area contributed by atoms with Crippen LogP contribution in [0, 0.1) is 11.8 Å². The maximum absolute atomic E-state index is 12.0. The standard InChI is InChI=1S/C14H16Br2N2O3/c1-8(14(20)21)9-5-18(6-9)7-13(19)17-12-3-2-10(15)4-11(12)16/h2-4,8-9H,5-7H2,1H3,(H,17,19)(H,20,21). The molecule has 1 saturated heterocycles. The van der Waals surface area contributed by atoms with Crippen LogP contribution in [0.5, 0.6) is 0 Å². The van der Waals surface area contributed by atoms with Gasteiger partial charge >= 0.3 is 5.97 Å². The quantitative estimate of drug-likeness (QED) is 0.769. The van der Waals surface area contributed by atoms with Crippen LogP contribution in [0.4, 0.5) is 5.69 Å². The van der Waals surface area contributed by atoms with E-state index < -0.39 is 5.97 Å². The zero-order chi connectivity index (χ0) is 15.6. The van der Waals surface area contributed by atoms with E-state index in [0.29, 0.717) is 13.1 Å². The highest BCUT2D eigenvalue weighted by atomic mass is 79.9. The molecule has 7 heteroatoms. The third-order valence-electron chi connectivity index (χ3n) is 3.65. The van der Waals surface area contributed by atoms with Gasteiger partial charge in [-0.3, -0.25) is 14.5 Å². The molecule has 0 aromatic heterocycles. The van der Waals surface area contributed by atoms with Crippen LogP contribution < -0.4 is 5.32 Å². The van der Waals surface area contributed by atoms with E-state index in [0.717, 1.165) is 14.6 Å². The first-order chi connectivity index (χ1) is 9.86. The van der Waals surface area contributed by atoms with Crippen molar-refractivity contribution in [2.45, 2.75) is 6.92 Å². The molecular weight excluding hydrogens is 404 g/mol. The summed E-state index contributed by atoms with van der Waals surface area (Å²) in [5.41, 5.74) is 0.721. The molecule has 1 unspecified atom stereocenters. The first-order valence-electron chi connectivity index (χ1n) is 6.57. The number of hydrogen-bond acceptors (Lipinski definition) is 3. The summed E-state index contributed by atoms with van der Waals surface area (Å²) in [6.45, 7) is 3.31. The van der Waals surface area contributed by atoms with Crippen molar-refractivity contribution in [3.63, 3.8) is 0 Å². The number of aliphatic carboxylic acids is 1. The van der Waals surface area contributed by atoms with Gasteiger partial charge in [0.1, 0.15) is 0 Å². The van der Waals surface area contributed by atoms with Crippen molar-refractivity contribution >= 4 is 49.4 Å². The second kappa shape index (κ2) is 6.89. The van der Waals surface area contributed by atoms with Gasteiger partial charge in [-0.2, -0.15) is 0 Å². The first kappa shape index (κ1) is 16.5. The van der Waals surface area contributed by atoms with Gasteiger partial charge in [0.2, 0.25) is 5.91 Å². The molecule has 114 valence electrons. The summed E-state index contributed by atoms with van der Waals surface area (Å²) < 4.78 is 1.74. The van der Waals surface area contributed by atoms with E-state index in [-0.39, 0.29) is 24.3 Å². The summed E-state index contributed by atoms with van der Waals surface area (Å²) in [6.07, 6.45) is 0. The van der Waals surface area contributed by atoms with Crippen LogP contribution in [0.15, 0.2) is 27.1 Å². The lowest BCUT2D eigenvalue weighted by Gasteiger charge is -2.40. The molecule has 1 aromatic rings. The van der Waals surface area contributed by atoms with E-state index in [1.54, 1.807) is 6.92 Å². The number of carbonyl (C=O) groups excluding carboxylic acids is 1. The maximum Gasteiger partial charge on any atom is 0.306 e. The minimum atomic E-state index is -0.775. The van der Waals surface area contributed by atoms with Gasteiger partial charge in [0.25, 0.3) is 0 Å². The summed E-state index contributed by atoms with van der Waals surface area (Å²) in [5, 5.41) is 11.8. The summed E-state index contributed by atoms with van der Waals surface area (Å²) in [5.74, 6) is -1.10. The molecule has 1 aliphatic heterocycles. The molecule has 1 aliphatic rings. The molecule has 21 heavy (non-hydrogen) atoms. The minimum absolute atomic E-state index is 0.0977. The van der Waals surface area contributed by atoms with Crippen molar-refractivity contribution in [2.75, 3.05) is 25.0 Å². The van der Waals surface area contributed by atoms with E-state index in [4.69, 9.17) is 5.11 Å². The van der Waals surface area contributed by atoms with Crippen LogP contribution in [0.25, 0.3) is 0 Å². The monoisotopic (exact) mass is 418 g/mol. The van der Waals surface area contributed by atoms with Crippen LogP contribution in [0.1, 0.15) is 6.92 Å². The highest BCUT2D eigenvalue weighted by Gasteiger charge is 2.35. The van der Waals surface area contributed by atoms with Crippen molar-refractivity contribution in [3.8, 4) is 0 Å². The normalized spacial score (nSPS) is 17.1. The van der Waals surface area contributed by atoms with Gasteiger partial charge in [-0.25, -0.2) is 0 Å². The number of carbonyl (C=O) groups is 2. The predicted molar refractivity (Wildman–Crippen MR) is 87.2 cm³/mol. The van der Waals surface area contributed by atoms with Gasteiger partial charge < -0.3 is 10.4 Å². The van der Waals surface area contributed by atoms with Crippen LogP contribution >= 0.6 is 31.9 Å². The molecule has 0 spiro atoms. The van der Waals surface area contributed by atoms with Crippen molar-refractivity contribution in [3.05, 3.63) is 27.1 Å². The van der Waals surface area contributed by atoms with E-state index in [1.807, 2.05) is 23.1 Å². The lowest BCUT2D eigenvalue weighted by molar-refractivity contribution is -0.145. The number of hydrogen-bond donors (Lipinski definition) is 2. The Morgan fingerprint density at radius 1 is 1.43 bits per heavy atom. The minimum Gasteiger partial charge on any atom is -0.481 e. The number of amides is 1. The third kappa shape index (κ3) is 4.28. The number of benzene rings is 1. The Bertz CT molecular complexity index is 559.